The van der Waals surface area contributed by atoms with Crippen LogP contribution in [0.25, 0.3) is 20.8 Å². The van der Waals surface area contributed by atoms with Gasteiger partial charge in [0.1, 0.15) is 15.8 Å². The van der Waals surface area contributed by atoms with Crippen LogP contribution in [0.15, 0.2) is 53.4 Å². The number of amides is 1. The highest BCUT2D eigenvalue weighted by Gasteiger charge is 2.26. The molecular formula is C25H25ClFN3OS3. The Morgan fingerprint density at radius 3 is 2.76 bits per heavy atom. The zero-order valence-corrected chi connectivity index (χ0v) is 21.9. The second kappa shape index (κ2) is 11.2. The highest BCUT2D eigenvalue weighted by molar-refractivity contribution is 7.99. The van der Waals surface area contributed by atoms with Gasteiger partial charge in [0.05, 0.1) is 10.2 Å². The van der Waals surface area contributed by atoms with Crippen LogP contribution in [-0.2, 0) is 17.8 Å². The van der Waals surface area contributed by atoms with E-state index in [0.717, 1.165) is 62.4 Å². The summed E-state index contributed by atoms with van der Waals surface area (Å²) in [7, 11) is 2.14. The summed E-state index contributed by atoms with van der Waals surface area (Å²) in [6.45, 7) is 1.91. The molecule has 0 saturated carbocycles. The molecule has 2 aromatic carbocycles. The third-order valence-electron chi connectivity index (χ3n) is 5.64. The van der Waals surface area contributed by atoms with Crippen LogP contribution in [0.5, 0.6) is 0 Å². The quantitative estimate of drug-likeness (QED) is 0.203. The van der Waals surface area contributed by atoms with Crippen LogP contribution in [0.4, 0.5) is 9.39 Å². The first kappa shape index (κ1) is 25.1. The Morgan fingerprint density at radius 1 is 1.18 bits per heavy atom. The number of anilines is 1. The minimum atomic E-state index is -0.229. The number of thiazole rings is 1. The largest absolute Gasteiger partial charge is 0.317 e. The molecule has 1 N–H and O–H groups in total. The number of carbonyl (C=O) groups excluding carboxylic acids is 1. The maximum absolute atomic E-state index is 13.0. The lowest BCUT2D eigenvalue weighted by atomic mass is 10.0. The fraction of sp³-hybridized carbons (Fsp3) is 0.280. The van der Waals surface area contributed by atoms with Crippen LogP contribution < -0.4 is 5.32 Å². The molecular weight excluding hydrogens is 509 g/mol. The smallest absolute Gasteiger partial charge is 0.225 e. The molecule has 1 amide bonds. The van der Waals surface area contributed by atoms with E-state index in [1.165, 1.54) is 22.6 Å². The molecule has 0 aliphatic carbocycles. The van der Waals surface area contributed by atoms with E-state index < -0.39 is 0 Å². The Kier molecular flexibility index (Phi) is 8.26. The average Bonchev–Trinajstić information content (AvgIpc) is 3.38. The number of thiophene rings is 1. The Bertz CT molecular complexity index is 1260. The molecule has 0 fully saturated rings. The Labute approximate surface area is 217 Å². The summed E-state index contributed by atoms with van der Waals surface area (Å²) in [5, 5.41) is 5.11. The molecule has 4 nitrogen and oxygen atoms in total. The van der Waals surface area contributed by atoms with Crippen LogP contribution in [-0.4, -0.2) is 35.1 Å². The van der Waals surface area contributed by atoms with Gasteiger partial charge in [0, 0.05) is 34.8 Å². The first-order valence-corrected chi connectivity index (χ1v) is 13.6. The predicted molar refractivity (Wildman–Crippen MR) is 145 cm³/mol. The Hall–Kier alpha value is -1.97. The van der Waals surface area contributed by atoms with Gasteiger partial charge in [-0.2, -0.15) is 0 Å². The van der Waals surface area contributed by atoms with Crippen molar-refractivity contribution in [2.24, 2.45) is 0 Å². The lowest BCUT2D eigenvalue weighted by Crippen LogP contribution is -2.25. The third kappa shape index (κ3) is 5.63. The lowest BCUT2D eigenvalue weighted by molar-refractivity contribution is -0.116. The standard InChI is InChI=1S/C25H24FN3OS3.ClH/c1-29-13-12-18-21(15-29)33-25(23(18)24-27-19-5-2-3-6-20(19)32-24)28-22(30)7-4-14-31-17-10-8-16(26)9-11-17;/h2-3,5-6,8-11H,4,7,12-15H2,1H3,(H,28,30);1H. The van der Waals surface area contributed by atoms with E-state index in [9.17, 15) is 9.18 Å². The highest BCUT2D eigenvalue weighted by Crippen LogP contribution is 2.45. The topological polar surface area (TPSA) is 45.2 Å². The number of aromatic nitrogens is 1. The monoisotopic (exact) mass is 533 g/mol. The highest BCUT2D eigenvalue weighted by atomic mass is 35.5. The average molecular weight is 534 g/mol. The van der Waals surface area contributed by atoms with Gasteiger partial charge in [-0.3, -0.25) is 4.79 Å². The van der Waals surface area contributed by atoms with E-state index in [0.29, 0.717) is 6.42 Å². The van der Waals surface area contributed by atoms with Crippen molar-refractivity contribution in [3.8, 4) is 10.6 Å². The number of hydrogen-bond acceptors (Lipinski definition) is 6. The van der Waals surface area contributed by atoms with Crippen LogP contribution in [0.1, 0.15) is 23.3 Å². The Balaban J connectivity index is 0.00000274. The number of rotatable bonds is 7. The predicted octanol–water partition coefficient (Wildman–Crippen LogP) is 7.08. The molecule has 0 radical (unpaired) electrons. The van der Waals surface area contributed by atoms with Crippen LogP contribution >= 0.6 is 46.8 Å². The zero-order valence-electron chi connectivity index (χ0n) is 18.7. The van der Waals surface area contributed by atoms with Gasteiger partial charge in [-0.05, 0) is 67.6 Å². The number of para-hydroxylation sites is 1. The molecule has 0 spiro atoms. The molecule has 3 heterocycles. The van der Waals surface area contributed by atoms with E-state index in [4.69, 9.17) is 4.98 Å². The van der Waals surface area contributed by atoms with E-state index in [2.05, 4.69) is 23.3 Å². The number of thioether (sulfide) groups is 1. The van der Waals surface area contributed by atoms with E-state index in [1.807, 2.05) is 18.2 Å². The third-order valence-corrected chi connectivity index (χ3v) is 8.92. The minimum absolute atomic E-state index is 0. The summed E-state index contributed by atoms with van der Waals surface area (Å²) in [5.74, 6) is 0.617. The number of benzene rings is 2. The van der Waals surface area contributed by atoms with Crippen LogP contribution in [0.3, 0.4) is 0 Å². The molecule has 1 aliphatic rings. The molecule has 2 aromatic heterocycles. The number of nitrogens with zero attached hydrogens (tertiary/aromatic N) is 2. The molecule has 5 rings (SSSR count). The van der Waals surface area contributed by atoms with Gasteiger partial charge < -0.3 is 10.2 Å². The number of nitrogens with one attached hydrogen (secondary N) is 1. The van der Waals surface area contributed by atoms with Crippen molar-refractivity contribution in [1.29, 1.82) is 0 Å². The fourth-order valence-corrected chi connectivity index (χ4v) is 7.27. The van der Waals surface area contributed by atoms with Gasteiger partial charge in [-0.15, -0.1) is 46.8 Å². The van der Waals surface area contributed by atoms with Gasteiger partial charge in [0.15, 0.2) is 0 Å². The van der Waals surface area contributed by atoms with Crippen LogP contribution in [0.2, 0.25) is 0 Å². The maximum Gasteiger partial charge on any atom is 0.225 e. The second-order valence-electron chi connectivity index (χ2n) is 8.14. The van der Waals surface area contributed by atoms with Crippen molar-refractivity contribution < 1.29 is 9.18 Å². The van der Waals surface area contributed by atoms with Gasteiger partial charge in [0.25, 0.3) is 0 Å². The van der Waals surface area contributed by atoms with E-state index >= 15 is 0 Å². The summed E-state index contributed by atoms with van der Waals surface area (Å²) in [5.41, 5.74) is 3.44. The molecule has 178 valence electrons. The molecule has 0 saturated heterocycles. The summed E-state index contributed by atoms with van der Waals surface area (Å²) in [6, 6.07) is 14.7. The van der Waals surface area contributed by atoms with Crippen molar-refractivity contribution in [1.82, 2.24) is 9.88 Å². The first-order chi connectivity index (χ1) is 16.1. The molecule has 34 heavy (non-hydrogen) atoms. The van der Waals surface area contributed by atoms with E-state index in [1.54, 1.807) is 46.6 Å². The van der Waals surface area contributed by atoms with Crippen molar-refractivity contribution in [3.63, 3.8) is 0 Å². The fourth-order valence-electron chi connectivity index (χ4n) is 3.97. The van der Waals surface area contributed by atoms with Gasteiger partial charge >= 0.3 is 0 Å². The molecule has 0 unspecified atom stereocenters. The number of fused-ring (bicyclic) bond motifs is 2. The lowest BCUT2D eigenvalue weighted by Gasteiger charge is -2.22. The minimum Gasteiger partial charge on any atom is -0.317 e. The van der Waals surface area contributed by atoms with Gasteiger partial charge in [-0.25, -0.2) is 9.37 Å². The van der Waals surface area contributed by atoms with E-state index in [-0.39, 0.29) is 24.1 Å². The van der Waals surface area contributed by atoms with Crippen molar-refractivity contribution in [2.45, 2.75) is 30.7 Å². The van der Waals surface area contributed by atoms with Crippen molar-refractivity contribution in [2.75, 3.05) is 24.7 Å². The number of halogens is 2. The summed E-state index contributed by atoms with van der Waals surface area (Å²) >= 11 is 5.02. The first-order valence-electron chi connectivity index (χ1n) is 10.9. The summed E-state index contributed by atoms with van der Waals surface area (Å²) in [6.07, 6.45) is 2.19. The number of hydrogen-bond donors (Lipinski definition) is 1. The molecule has 1 aliphatic heterocycles. The molecule has 4 aromatic rings. The van der Waals surface area contributed by atoms with Gasteiger partial charge in [0.2, 0.25) is 5.91 Å². The normalized spacial score (nSPS) is 13.5. The van der Waals surface area contributed by atoms with Gasteiger partial charge in [-0.1, -0.05) is 12.1 Å². The molecule has 0 bridgehead atoms. The summed E-state index contributed by atoms with van der Waals surface area (Å²) < 4.78 is 14.2. The second-order valence-corrected chi connectivity index (χ2v) is 11.4. The van der Waals surface area contributed by atoms with Crippen LogP contribution in [0, 0.1) is 5.82 Å². The number of carbonyl (C=O) groups is 1. The summed E-state index contributed by atoms with van der Waals surface area (Å²) in [4.78, 5) is 22.4. The van der Waals surface area contributed by atoms with Crippen molar-refractivity contribution >= 4 is 68.0 Å². The molecule has 9 heteroatoms. The zero-order chi connectivity index (χ0) is 22.8. The maximum atomic E-state index is 13.0. The Morgan fingerprint density at radius 2 is 1.97 bits per heavy atom. The SMILES string of the molecule is CN1CCc2c(sc(NC(=O)CCCSc3ccc(F)cc3)c2-c2nc3ccccc3s2)C1.Cl. The number of likely N-dealkylation sites (N-methyl/N-ethyl adjacent to an activating group) is 1. The molecule has 0 atom stereocenters. The van der Waals surface area contributed by atoms with Crippen molar-refractivity contribution in [3.05, 3.63) is 64.8 Å².